The molecule has 2 rings (SSSR count). The summed E-state index contributed by atoms with van der Waals surface area (Å²) in [7, 11) is 0. The van der Waals surface area contributed by atoms with Gasteiger partial charge in [-0.2, -0.15) is 0 Å². The van der Waals surface area contributed by atoms with Crippen LogP contribution in [0.25, 0.3) is 0 Å². The van der Waals surface area contributed by atoms with Gasteiger partial charge < -0.3 is 20.1 Å². The Labute approximate surface area is 147 Å². The van der Waals surface area contributed by atoms with Crippen molar-refractivity contribution in [1.29, 1.82) is 0 Å². The molecule has 1 saturated carbocycles. The molecule has 0 aromatic heterocycles. The van der Waals surface area contributed by atoms with E-state index in [2.05, 4.69) is 0 Å². The fourth-order valence-corrected chi connectivity index (χ4v) is 2.71. The van der Waals surface area contributed by atoms with Crippen molar-refractivity contribution in [3.63, 3.8) is 0 Å². The maximum absolute atomic E-state index is 13.3. The number of halogens is 2. The lowest BCUT2D eigenvalue weighted by Crippen LogP contribution is -2.49. The molecule has 7 heteroatoms. The van der Waals surface area contributed by atoms with Crippen molar-refractivity contribution in [3.05, 3.63) is 35.4 Å². The van der Waals surface area contributed by atoms with Crippen LogP contribution in [-0.4, -0.2) is 48.9 Å². The first-order valence-electron chi connectivity index (χ1n) is 8.69. The van der Waals surface area contributed by atoms with E-state index in [0.717, 1.165) is 25.0 Å². The molecule has 0 spiro atoms. The summed E-state index contributed by atoms with van der Waals surface area (Å²) in [5.74, 6) is -2.08. The van der Waals surface area contributed by atoms with Gasteiger partial charge >= 0.3 is 0 Å². The molecule has 1 fully saturated rings. The second kappa shape index (κ2) is 9.22. The number of ether oxygens (including phenoxy) is 2. The number of hydrogen-bond acceptors (Lipinski definition) is 4. The van der Waals surface area contributed by atoms with E-state index in [9.17, 15) is 13.6 Å². The van der Waals surface area contributed by atoms with E-state index in [1.165, 1.54) is 6.07 Å². The van der Waals surface area contributed by atoms with Gasteiger partial charge in [-0.25, -0.2) is 8.78 Å². The van der Waals surface area contributed by atoms with Gasteiger partial charge in [0.15, 0.2) is 17.9 Å². The predicted molar refractivity (Wildman–Crippen MR) is 89.8 cm³/mol. The minimum absolute atomic E-state index is 0.145. The summed E-state index contributed by atoms with van der Waals surface area (Å²) in [6.07, 6.45) is 1.51. The van der Waals surface area contributed by atoms with Crippen LogP contribution in [0.2, 0.25) is 0 Å². The number of benzene rings is 1. The number of carbonyl (C=O) groups excluding carboxylic acids is 1. The standard InChI is InChI=1S/C18H26F2N2O3/c1-3-24-17(25-4-2)11-22(13-6-7-13)18(23)16(21)10-12-5-8-14(19)15(20)9-12/h5,8-9,13,16-17H,3-4,6-7,10-11,21H2,1-2H3. The highest BCUT2D eigenvalue weighted by Crippen LogP contribution is 2.28. The van der Waals surface area contributed by atoms with Crippen LogP contribution >= 0.6 is 0 Å². The molecule has 0 heterocycles. The first-order chi connectivity index (χ1) is 12.0. The van der Waals surface area contributed by atoms with Gasteiger partial charge in [0.1, 0.15) is 0 Å². The maximum atomic E-state index is 13.3. The lowest BCUT2D eigenvalue weighted by Gasteiger charge is -2.29. The quantitative estimate of drug-likeness (QED) is 0.653. The molecule has 140 valence electrons. The Kier molecular flexibility index (Phi) is 7.28. The zero-order valence-corrected chi connectivity index (χ0v) is 14.7. The van der Waals surface area contributed by atoms with Crippen LogP contribution in [0.15, 0.2) is 18.2 Å². The molecular weight excluding hydrogens is 330 g/mol. The van der Waals surface area contributed by atoms with Crippen LogP contribution in [0.4, 0.5) is 8.78 Å². The van der Waals surface area contributed by atoms with Crippen molar-refractivity contribution in [2.24, 2.45) is 5.73 Å². The second-order valence-corrected chi connectivity index (χ2v) is 6.12. The van der Waals surface area contributed by atoms with Crippen LogP contribution in [-0.2, 0) is 20.7 Å². The van der Waals surface area contributed by atoms with Gasteiger partial charge in [-0.15, -0.1) is 0 Å². The largest absolute Gasteiger partial charge is 0.351 e. The molecule has 1 unspecified atom stereocenters. The van der Waals surface area contributed by atoms with Crippen LogP contribution in [0, 0.1) is 11.6 Å². The summed E-state index contributed by atoms with van der Waals surface area (Å²) >= 11 is 0. The van der Waals surface area contributed by atoms with Crippen molar-refractivity contribution in [3.8, 4) is 0 Å². The number of rotatable bonds is 10. The molecule has 0 saturated heterocycles. The van der Waals surface area contributed by atoms with Crippen LogP contribution in [0.5, 0.6) is 0 Å². The van der Waals surface area contributed by atoms with Crippen LogP contribution in [0.1, 0.15) is 32.3 Å². The average Bonchev–Trinajstić information content (AvgIpc) is 3.40. The van der Waals surface area contributed by atoms with Gasteiger partial charge in [0.25, 0.3) is 0 Å². The third kappa shape index (κ3) is 5.73. The minimum atomic E-state index is -0.941. The molecule has 1 aromatic carbocycles. The topological polar surface area (TPSA) is 64.8 Å². The first kappa shape index (κ1) is 19.8. The van der Waals surface area contributed by atoms with Crippen molar-refractivity contribution in [2.45, 2.75) is 51.5 Å². The Hall–Kier alpha value is -1.57. The fourth-order valence-electron chi connectivity index (χ4n) is 2.71. The van der Waals surface area contributed by atoms with E-state index in [4.69, 9.17) is 15.2 Å². The van der Waals surface area contributed by atoms with Gasteiger partial charge in [0.2, 0.25) is 5.91 Å². The van der Waals surface area contributed by atoms with Gasteiger partial charge in [-0.3, -0.25) is 4.79 Å². The number of nitrogens with two attached hydrogens (primary N) is 1. The number of nitrogens with zero attached hydrogens (tertiary/aromatic N) is 1. The highest BCUT2D eigenvalue weighted by atomic mass is 19.2. The Balaban J connectivity index is 2.01. The van der Waals surface area contributed by atoms with Crippen molar-refractivity contribution in [2.75, 3.05) is 19.8 Å². The minimum Gasteiger partial charge on any atom is -0.351 e. The second-order valence-electron chi connectivity index (χ2n) is 6.12. The predicted octanol–water partition coefficient (Wildman–Crippen LogP) is 2.22. The summed E-state index contributed by atoms with van der Waals surface area (Å²) in [5.41, 5.74) is 6.53. The molecule has 1 aromatic rings. The highest BCUT2D eigenvalue weighted by molar-refractivity contribution is 5.82. The van der Waals surface area contributed by atoms with Gasteiger partial charge in [-0.1, -0.05) is 6.07 Å². The molecule has 1 aliphatic rings. The summed E-state index contributed by atoms with van der Waals surface area (Å²) in [4.78, 5) is 14.4. The third-order valence-corrected chi connectivity index (χ3v) is 4.08. The van der Waals surface area contributed by atoms with Crippen molar-refractivity contribution in [1.82, 2.24) is 4.90 Å². The smallest absolute Gasteiger partial charge is 0.240 e. The van der Waals surface area contributed by atoms with Crippen LogP contribution in [0.3, 0.4) is 0 Å². The molecule has 25 heavy (non-hydrogen) atoms. The molecule has 2 N–H and O–H groups in total. The molecule has 5 nitrogen and oxygen atoms in total. The Bertz CT molecular complexity index is 575. The molecule has 1 amide bonds. The van der Waals surface area contributed by atoms with Crippen molar-refractivity contribution < 1.29 is 23.0 Å². The van der Waals surface area contributed by atoms with Gasteiger partial charge in [-0.05, 0) is 50.8 Å². The molecule has 1 atom stereocenters. The molecule has 0 radical (unpaired) electrons. The van der Waals surface area contributed by atoms with E-state index < -0.39 is 24.0 Å². The average molecular weight is 356 g/mol. The summed E-state index contributed by atoms with van der Waals surface area (Å²) < 4.78 is 37.4. The molecule has 1 aliphatic carbocycles. The van der Waals surface area contributed by atoms with E-state index in [1.54, 1.807) is 4.90 Å². The van der Waals surface area contributed by atoms with E-state index in [0.29, 0.717) is 25.3 Å². The Morgan fingerprint density at radius 3 is 2.40 bits per heavy atom. The summed E-state index contributed by atoms with van der Waals surface area (Å²) in [6, 6.07) is 2.88. The molecule has 0 bridgehead atoms. The summed E-state index contributed by atoms with van der Waals surface area (Å²) in [6.45, 7) is 5.02. The van der Waals surface area contributed by atoms with E-state index in [1.807, 2.05) is 13.8 Å². The fraction of sp³-hybridized carbons (Fsp3) is 0.611. The number of amides is 1. The Morgan fingerprint density at radius 2 is 1.88 bits per heavy atom. The van der Waals surface area contributed by atoms with Gasteiger partial charge in [0.05, 0.1) is 12.6 Å². The molecular formula is C18H26F2N2O3. The normalized spacial score (nSPS) is 15.4. The summed E-state index contributed by atoms with van der Waals surface area (Å²) in [5, 5.41) is 0. The Morgan fingerprint density at radius 1 is 1.24 bits per heavy atom. The zero-order valence-electron chi connectivity index (χ0n) is 14.7. The third-order valence-electron chi connectivity index (χ3n) is 4.08. The van der Waals surface area contributed by atoms with Crippen LogP contribution < -0.4 is 5.73 Å². The van der Waals surface area contributed by atoms with Gasteiger partial charge in [0, 0.05) is 19.3 Å². The zero-order chi connectivity index (χ0) is 18.4. The maximum Gasteiger partial charge on any atom is 0.240 e. The monoisotopic (exact) mass is 356 g/mol. The number of carbonyl (C=O) groups is 1. The lowest BCUT2D eigenvalue weighted by atomic mass is 10.0. The molecule has 0 aliphatic heterocycles. The highest BCUT2D eigenvalue weighted by Gasteiger charge is 2.36. The lowest BCUT2D eigenvalue weighted by molar-refractivity contribution is -0.160. The van der Waals surface area contributed by atoms with E-state index in [-0.39, 0.29) is 18.4 Å². The van der Waals surface area contributed by atoms with E-state index >= 15 is 0 Å². The van der Waals surface area contributed by atoms with Crippen molar-refractivity contribution >= 4 is 5.91 Å². The first-order valence-corrected chi connectivity index (χ1v) is 8.69. The number of hydrogen-bond donors (Lipinski definition) is 1. The SMILES string of the molecule is CCOC(CN(C(=O)C(N)Cc1ccc(F)c(F)c1)C1CC1)OCC.